The highest BCUT2D eigenvalue weighted by atomic mass is 32.1. The highest BCUT2D eigenvalue weighted by Crippen LogP contribution is 2.23. The van der Waals surface area contributed by atoms with E-state index < -0.39 is 11.6 Å². The number of aromatic nitrogens is 3. The summed E-state index contributed by atoms with van der Waals surface area (Å²) in [5.41, 5.74) is 1.57. The van der Waals surface area contributed by atoms with E-state index in [1.165, 1.54) is 23.5 Å². The number of aryl methyl sites for hydroxylation is 1. The molecule has 5 nitrogen and oxygen atoms in total. The van der Waals surface area contributed by atoms with Crippen LogP contribution in [0.15, 0.2) is 30.5 Å². The van der Waals surface area contributed by atoms with Crippen LogP contribution in [0.1, 0.15) is 40.0 Å². The first-order valence-corrected chi connectivity index (χ1v) is 8.61. The number of hydrogen-bond acceptors (Lipinski definition) is 4. The molecule has 2 aromatic heterocycles. The molecule has 130 valence electrons. The molecular weight excluding hydrogens is 346 g/mol. The minimum Gasteiger partial charge on any atom is -0.296 e. The van der Waals surface area contributed by atoms with E-state index in [2.05, 4.69) is 20.5 Å². The zero-order chi connectivity index (χ0) is 17.8. The first-order chi connectivity index (χ1) is 12.0. The Morgan fingerprint density at radius 1 is 1.32 bits per heavy atom. The van der Waals surface area contributed by atoms with Crippen LogP contribution in [-0.2, 0) is 12.8 Å². The molecular formula is C17H16F2N4OS. The van der Waals surface area contributed by atoms with Crippen molar-refractivity contribution < 1.29 is 13.6 Å². The highest BCUT2D eigenvalue weighted by molar-refractivity contribution is 7.15. The lowest BCUT2D eigenvalue weighted by atomic mass is 10.1. The summed E-state index contributed by atoms with van der Waals surface area (Å²) in [5, 5.41) is 9.88. The molecule has 1 aromatic carbocycles. The number of anilines is 1. The number of nitrogens with one attached hydrogen (secondary N) is 2. The molecule has 0 fully saturated rings. The van der Waals surface area contributed by atoms with Crippen LogP contribution in [0.4, 0.5) is 13.9 Å². The first-order valence-electron chi connectivity index (χ1n) is 7.79. The average molecular weight is 362 g/mol. The fourth-order valence-corrected chi connectivity index (χ4v) is 3.17. The van der Waals surface area contributed by atoms with Crippen molar-refractivity contribution in [3.05, 3.63) is 63.9 Å². The summed E-state index contributed by atoms with van der Waals surface area (Å²) in [6.45, 7) is 2.04. The molecule has 3 aromatic rings. The largest absolute Gasteiger partial charge is 0.296 e. The first kappa shape index (κ1) is 17.2. The van der Waals surface area contributed by atoms with Gasteiger partial charge in [-0.3, -0.25) is 15.2 Å². The molecule has 0 spiro atoms. The zero-order valence-corrected chi connectivity index (χ0v) is 14.3. The number of nitrogens with zero attached hydrogens (tertiary/aromatic N) is 2. The number of carbonyl (C=O) groups excluding carboxylic acids is 1. The number of rotatable bonds is 6. The Balaban J connectivity index is 1.65. The van der Waals surface area contributed by atoms with E-state index in [-0.39, 0.29) is 12.3 Å². The minimum absolute atomic E-state index is 0.280. The molecule has 2 heterocycles. The van der Waals surface area contributed by atoms with E-state index in [1.54, 1.807) is 12.3 Å². The Labute approximate surface area is 147 Å². The van der Waals surface area contributed by atoms with Crippen LogP contribution < -0.4 is 5.32 Å². The van der Waals surface area contributed by atoms with E-state index in [1.807, 2.05) is 6.92 Å². The van der Waals surface area contributed by atoms with E-state index in [9.17, 15) is 13.6 Å². The number of H-pyrrole nitrogens is 1. The number of carbonyl (C=O) groups is 1. The number of benzene rings is 1. The van der Waals surface area contributed by atoms with Crippen molar-refractivity contribution in [3.8, 4) is 0 Å². The van der Waals surface area contributed by atoms with Gasteiger partial charge in [-0.15, -0.1) is 11.3 Å². The van der Waals surface area contributed by atoms with Crippen LogP contribution in [0.25, 0.3) is 0 Å². The Kier molecular flexibility index (Phi) is 5.18. The van der Waals surface area contributed by atoms with Gasteiger partial charge in [-0.25, -0.2) is 13.8 Å². The molecule has 25 heavy (non-hydrogen) atoms. The summed E-state index contributed by atoms with van der Waals surface area (Å²) in [5.74, 6) is -1.56. The minimum atomic E-state index is -0.611. The summed E-state index contributed by atoms with van der Waals surface area (Å²) >= 11 is 1.24. The van der Waals surface area contributed by atoms with Crippen LogP contribution >= 0.6 is 11.3 Å². The topological polar surface area (TPSA) is 70.7 Å². The highest BCUT2D eigenvalue weighted by Gasteiger charge is 2.13. The number of halogens is 2. The molecule has 0 atom stereocenters. The van der Waals surface area contributed by atoms with Crippen LogP contribution in [-0.4, -0.2) is 21.1 Å². The number of thiazole rings is 1. The van der Waals surface area contributed by atoms with Gasteiger partial charge in [0.25, 0.3) is 5.91 Å². The quantitative estimate of drug-likeness (QED) is 0.698. The van der Waals surface area contributed by atoms with E-state index in [0.29, 0.717) is 16.4 Å². The van der Waals surface area contributed by atoms with E-state index >= 15 is 0 Å². The predicted molar refractivity (Wildman–Crippen MR) is 91.8 cm³/mol. The Bertz CT molecular complexity index is 890. The van der Waals surface area contributed by atoms with Crippen LogP contribution in [0.2, 0.25) is 0 Å². The number of aromatic amines is 1. The molecule has 0 aliphatic carbocycles. The lowest BCUT2D eigenvalue weighted by Crippen LogP contribution is -2.11. The monoisotopic (exact) mass is 362 g/mol. The van der Waals surface area contributed by atoms with Gasteiger partial charge in [-0.1, -0.05) is 19.4 Å². The maximum Gasteiger partial charge on any atom is 0.277 e. The molecule has 3 rings (SSSR count). The molecule has 0 aliphatic heterocycles. The SMILES string of the molecule is CCCc1cc(C(=O)Nc2ncc(Cc3ccc(F)cc3F)s2)n[nH]1. The van der Waals surface area contributed by atoms with Gasteiger partial charge in [0.1, 0.15) is 11.6 Å². The van der Waals surface area contributed by atoms with Gasteiger partial charge >= 0.3 is 0 Å². The standard InChI is InChI=1S/C17H16F2N4OS/c1-2-3-12-8-15(23-22-12)16(24)21-17-20-9-13(25-17)6-10-4-5-11(18)7-14(10)19/h4-5,7-9H,2-3,6H2,1H3,(H,22,23)(H,20,21,24). The second-order valence-electron chi connectivity index (χ2n) is 5.53. The third-order valence-corrected chi connectivity index (χ3v) is 4.45. The fourth-order valence-electron chi connectivity index (χ4n) is 2.34. The lowest BCUT2D eigenvalue weighted by molar-refractivity contribution is 0.102. The molecule has 0 saturated heterocycles. The van der Waals surface area contributed by atoms with Crippen molar-refractivity contribution in [3.63, 3.8) is 0 Å². The number of amides is 1. The summed E-state index contributed by atoms with van der Waals surface area (Å²) in [4.78, 5) is 17.0. The zero-order valence-electron chi connectivity index (χ0n) is 13.5. The van der Waals surface area contributed by atoms with E-state index in [0.717, 1.165) is 29.5 Å². The van der Waals surface area contributed by atoms with Crippen molar-refractivity contribution in [2.24, 2.45) is 0 Å². The molecule has 2 N–H and O–H groups in total. The molecule has 8 heteroatoms. The van der Waals surface area contributed by atoms with Gasteiger partial charge in [-0.2, -0.15) is 5.10 Å². The average Bonchev–Trinajstić information content (AvgIpc) is 3.20. The van der Waals surface area contributed by atoms with Gasteiger partial charge in [0.05, 0.1) is 0 Å². The lowest BCUT2D eigenvalue weighted by Gasteiger charge is -2.00. The molecule has 0 saturated carbocycles. The maximum atomic E-state index is 13.7. The van der Waals surface area contributed by atoms with Gasteiger partial charge in [0.15, 0.2) is 10.8 Å². The summed E-state index contributed by atoms with van der Waals surface area (Å²) in [6.07, 6.45) is 3.63. The molecule has 0 radical (unpaired) electrons. The Morgan fingerprint density at radius 3 is 2.92 bits per heavy atom. The Morgan fingerprint density at radius 2 is 2.16 bits per heavy atom. The second-order valence-corrected chi connectivity index (χ2v) is 6.64. The summed E-state index contributed by atoms with van der Waals surface area (Å²) in [7, 11) is 0. The maximum absolute atomic E-state index is 13.7. The van der Waals surface area contributed by atoms with Crippen molar-refractivity contribution in [2.75, 3.05) is 5.32 Å². The van der Waals surface area contributed by atoms with E-state index in [4.69, 9.17) is 0 Å². The van der Waals surface area contributed by atoms with Gasteiger partial charge in [0.2, 0.25) is 0 Å². The fraction of sp³-hybridized carbons (Fsp3) is 0.235. The van der Waals surface area contributed by atoms with Crippen molar-refractivity contribution in [1.29, 1.82) is 0 Å². The third-order valence-electron chi connectivity index (χ3n) is 3.54. The van der Waals surface area contributed by atoms with Crippen LogP contribution in [0.5, 0.6) is 0 Å². The summed E-state index contributed by atoms with van der Waals surface area (Å²) in [6, 6.07) is 5.18. The third kappa shape index (κ3) is 4.27. The predicted octanol–water partition coefficient (Wildman–Crippen LogP) is 3.94. The van der Waals surface area contributed by atoms with Crippen molar-refractivity contribution >= 4 is 22.4 Å². The Hall–Kier alpha value is -2.61. The van der Waals surface area contributed by atoms with Crippen LogP contribution in [0.3, 0.4) is 0 Å². The van der Waals surface area contributed by atoms with Gasteiger partial charge in [0, 0.05) is 29.3 Å². The summed E-state index contributed by atoms with van der Waals surface area (Å²) < 4.78 is 26.6. The molecule has 0 unspecified atom stereocenters. The number of hydrogen-bond donors (Lipinski definition) is 2. The normalized spacial score (nSPS) is 10.8. The molecule has 1 amide bonds. The van der Waals surface area contributed by atoms with Gasteiger partial charge < -0.3 is 0 Å². The second kappa shape index (κ2) is 7.52. The van der Waals surface area contributed by atoms with Crippen molar-refractivity contribution in [1.82, 2.24) is 15.2 Å². The molecule has 0 bridgehead atoms. The van der Waals surface area contributed by atoms with Gasteiger partial charge in [-0.05, 0) is 24.1 Å². The van der Waals surface area contributed by atoms with Crippen LogP contribution in [0, 0.1) is 11.6 Å². The molecule has 0 aliphatic rings. The van der Waals surface area contributed by atoms with Crippen molar-refractivity contribution in [2.45, 2.75) is 26.2 Å². The smallest absolute Gasteiger partial charge is 0.277 e.